The van der Waals surface area contributed by atoms with Crippen molar-refractivity contribution in [3.05, 3.63) is 53.3 Å². The second-order valence-corrected chi connectivity index (χ2v) is 7.27. The minimum Gasteiger partial charge on any atom is -0.379 e. The van der Waals surface area contributed by atoms with E-state index in [2.05, 4.69) is 29.4 Å². The van der Waals surface area contributed by atoms with Crippen molar-refractivity contribution in [3.8, 4) is 0 Å². The van der Waals surface area contributed by atoms with Gasteiger partial charge in [0.1, 0.15) is 0 Å². The highest BCUT2D eigenvalue weighted by Gasteiger charge is 2.31. The number of methoxy groups -OCH3 is 1. The minimum absolute atomic E-state index is 0.105. The quantitative estimate of drug-likeness (QED) is 0.800. The van der Waals surface area contributed by atoms with Crippen molar-refractivity contribution in [2.24, 2.45) is 13.0 Å². The third-order valence-corrected chi connectivity index (χ3v) is 5.42. The summed E-state index contributed by atoms with van der Waals surface area (Å²) in [5, 5.41) is 4.35. The zero-order valence-electron chi connectivity index (χ0n) is 16.0. The lowest BCUT2D eigenvalue weighted by Crippen LogP contribution is -2.48. The number of hydrogen-bond acceptors (Lipinski definition) is 3. The van der Waals surface area contributed by atoms with E-state index in [0.29, 0.717) is 18.9 Å². The Labute approximate surface area is 156 Å². The molecule has 0 bridgehead atoms. The van der Waals surface area contributed by atoms with Crippen molar-refractivity contribution < 1.29 is 9.53 Å². The van der Waals surface area contributed by atoms with Crippen molar-refractivity contribution in [1.29, 1.82) is 0 Å². The lowest BCUT2D eigenvalue weighted by Gasteiger charge is -2.38. The number of benzene rings is 1. The molecule has 2 aromatic rings. The number of amides is 1. The van der Waals surface area contributed by atoms with Gasteiger partial charge in [-0.15, -0.1) is 0 Å². The molecule has 1 aromatic carbocycles. The predicted octanol–water partition coefficient (Wildman–Crippen LogP) is 2.77. The van der Waals surface area contributed by atoms with E-state index < -0.39 is 0 Å². The van der Waals surface area contributed by atoms with E-state index in [0.717, 1.165) is 37.1 Å². The third kappa shape index (κ3) is 4.52. The standard InChI is InChI=1S/C21H29N3O2/c1-16-19(14-23(2)22-16)9-10-21(25)24-12-11-18(20(15-24)26-3)13-17-7-5-4-6-8-17/h4-8,14,18,20H,9-13,15H2,1-3H3/t18-,20+/m1/s1. The molecule has 2 atom stereocenters. The van der Waals surface area contributed by atoms with Crippen LogP contribution in [0.4, 0.5) is 0 Å². The molecule has 5 heteroatoms. The number of hydrogen-bond donors (Lipinski definition) is 0. The lowest BCUT2D eigenvalue weighted by atomic mass is 9.87. The Morgan fingerprint density at radius 1 is 1.31 bits per heavy atom. The summed E-state index contributed by atoms with van der Waals surface area (Å²) >= 11 is 0. The molecule has 5 nitrogen and oxygen atoms in total. The van der Waals surface area contributed by atoms with Crippen LogP contribution in [0.15, 0.2) is 36.5 Å². The van der Waals surface area contributed by atoms with Crippen molar-refractivity contribution in [3.63, 3.8) is 0 Å². The molecule has 26 heavy (non-hydrogen) atoms. The monoisotopic (exact) mass is 355 g/mol. The molecule has 0 N–H and O–H groups in total. The molecular weight excluding hydrogens is 326 g/mol. The van der Waals surface area contributed by atoms with Crippen LogP contribution >= 0.6 is 0 Å². The third-order valence-electron chi connectivity index (χ3n) is 5.42. The molecule has 1 aliphatic heterocycles. The number of rotatable bonds is 6. The van der Waals surface area contributed by atoms with Gasteiger partial charge in [-0.25, -0.2) is 0 Å². The Morgan fingerprint density at radius 3 is 2.73 bits per heavy atom. The predicted molar refractivity (Wildman–Crippen MR) is 102 cm³/mol. The number of piperidine rings is 1. The summed E-state index contributed by atoms with van der Waals surface area (Å²) < 4.78 is 7.55. The molecular formula is C21H29N3O2. The Bertz CT molecular complexity index is 726. The lowest BCUT2D eigenvalue weighted by molar-refractivity contribution is -0.136. The Morgan fingerprint density at radius 2 is 2.08 bits per heavy atom. The normalized spacial score (nSPS) is 20.3. The van der Waals surface area contributed by atoms with E-state index in [1.807, 2.05) is 35.8 Å². The summed E-state index contributed by atoms with van der Waals surface area (Å²) in [4.78, 5) is 14.6. The maximum Gasteiger partial charge on any atom is 0.222 e. The molecule has 1 amide bonds. The zero-order valence-corrected chi connectivity index (χ0v) is 16.0. The van der Waals surface area contributed by atoms with E-state index in [-0.39, 0.29) is 12.0 Å². The van der Waals surface area contributed by atoms with Gasteiger partial charge in [-0.3, -0.25) is 9.48 Å². The first-order chi connectivity index (χ1) is 12.6. The molecule has 140 valence electrons. The fraction of sp³-hybridized carbons (Fsp3) is 0.524. The van der Waals surface area contributed by atoms with Crippen LogP contribution in [0, 0.1) is 12.8 Å². The molecule has 0 saturated carbocycles. The molecule has 0 radical (unpaired) electrons. The fourth-order valence-electron chi connectivity index (χ4n) is 3.90. The fourth-order valence-corrected chi connectivity index (χ4v) is 3.90. The second-order valence-electron chi connectivity index (χ2n) is 7.27. The largest absolute Gasteiger partial charge is 0.379 e. The topological polar surface area (TPSA) is 47.4 Å². The highest BCUT2D eigenvalue weighted by Crippen LogP contribution is 2.25. The second kappa shape index (κ2) is 8.49. The Hall–Kier alpha value is -2.14. The van der Waals surface area contributed by atoms with Crippen LogP contribution in [0.5, 0.6) is 0 Å². The van der Waals surface area contributed by atoms with Crippen molar-refractivity contribution in [1.82, 2.24) is 14.7 Å². The van der Waals surface area contributed by atoms with Gasteiger partial charge in [0.2, 0.25) is 5.91 Å². The number of nitrogens with zero attached hydrogens (tertiary/aromatic N) is 3. The highest BCUT2D eigenvalue weighted by molar-refractivity contribution is 5.76. The van der Waals surface area contributed by atoms with Gasteiger partial charge in [0.15, 0.2) is 0 Å². The van der Waals surface area contributed by atoms with Crippen LogP contribution in [0.2, 0.25) is 0 Å². The maximum absolute atomic E-state index is 12.7. The smallest absolute Gasteiger partial charge is 0.222 e. The first-order valence-electron chi connectivity index (χ1n) is 9.40. The Kier molecular flexibility index (Phi) is 6.09. The van der Waals surface area contributed by atoms with Crippen LogP contribution in [0.1, 0.15) is 29.7 Å². The van der Waals surface area contributed by atoms with Crippen LogP contribution < -0.4 is 0 Å². The molecule has 1 fully saturated rings. The van der Waals surface area contributed by atoms with Crippen LogP contribution in [-0.2, 0) is 29.4 Å². The number of ether oxygens (including phenoxy) is 1. The molecule has 1 saturated heterocycles. The highest BCUT2D eigenvalue weighted by atomic mass is 16.5. The summed E-state index contributed by atoms with van der Waals surface area (Å²) in [6.07, 6.45) is 5.40. The van der Waals surface area contributed by atoms with E-state index in [4.69, 9.17) is 4.74 Å². The van der Waals surface area contributed by atoms with Crippen molar-refractivity contribution in [2.45, 2.75) is 38.7 Å². The first-order valence-corrected chi connectivity index (χ1v) is 9.40. The summed E-state index contributed by atoms with van der Waals surface area (Å²) in [5.41, 5.74) is 3.51. The summed E-state index contributed by atoms with van der Waals surface area (Å²) in [6.45, 7) is 3.51. The SMILES string of the molecule is CO[C@H]1CN(C(=O)CCc2cn(C)nc2C)CC[C@@H]1Cc1ccccc1. The number of aryl methyl sites for hydroxylation is 3. The van der Waals surface area contributed by atoms with Crippen LogP contribution in [0.3, 0.4) is 0 Å². The van der Waals surface area contributed by atoms with E-state index >= 15 is 0 Å². The Balaban J connectivity index is 1.54. The van der Waals surface area contributed by atoms with E-state index in [9.17, 15) is 4.79 Å². The van der Waals surface area contributed by atoms with Crippen LogP contribution in [-0.4, -0.2) is 46.9 Å². The molecule has 2 heterocycles. The van der Waals surface area contributed by atoms with E-state index in [1.165, 1.54) is 5.56 Å². The van der Waals surface area contributed by atoms with Gasteiger partial charge in [-0.1, -0.05) is 30.3 Å². The minimum atomic E-state index is 0.105. The van der Waals surface area contributed by atoms with Gasteiger partial charge >= 0.3 is 0 Å². The molecule has 0 spiro atoms. The van der Waals surface area contributed by atoms with Crippen molar-refractivity contribution >= 4 is 5.91 Å². The number of carbonyl (C=O) groups is 1. The van der Waals surface area contributed by atoms with Gasteiger partial charge in [0, 0.05) is 39.9 Å². The summed E-state index contributed by atoms with van der Waals surface area (Å²) in [5.74, 6) is 0.681. The average molecular weight is 355 g/mol. The summed E-state index contributed by atoms with van der Waals surface area (Å²) in [6, 6.07) is 10.5. The molecule has 1 aliphatic rings. The zero-order chi connectivity index (χ0) is 18.5. The van der Waals surface area contributed by atoms with E-state index in [1.54, 1.807) is 7.11 Å². The molecule has 0 aliphatic carbocycles. The van der Waals surface area contributed by atoms with Gasteiger partial charge in [0.05, 0.1) is 11.8 Å². The van der Waals surface area contributed by atoms with Gasteiger partial charge in [-0.2, -0.15) is 5.10 Å². The first kappa shape index (κ1) is 18.6. The van der Waals surface area contributed by atoms with Crippen LogP contribution in [0.25, 0.3) is 0 Å². The number of likely N-dealkylation sites (tertiary alicyclic amines) is 1. The van der Waals surface area contributed by atoms with Gasteiger partial charge in [0.25, 0.3) is 0 Å². The molecule has 0 unspecified atom stereocenters. The average Bonchev–Trinajstić information content (AvgIpc) is 2.98. The van der Waals surface area contributed by atoms with Gasteiger partial charge < -0.3 is 9.64 Å². The number of carbonyl (C=O) groups excluding carboxylic acids is 1. The van der Waals surface area contributed by atoms with Gasteiger partial charge in [-0.05, 0) is 43.2 Å². The van der Waals surface area contributed by atoms with Crippen molar-refractivity contribution in [2.75, 3.05) is 20.2 Å². The summed E-state index contributed by atoms with van der Waals surface area (Å²) in [7, 11) is 3.68. The maximum atomic E-state index is 12.7. The molecule has 1 aromatic heterocycles. The number of aromatic nitrogens is 2. The molecule has 3 rings (SSSR count).